The molecule has 0 N–H and O–H groups in total. The molecule has 0 aromatic heterocycles. The Morgan fingerprint density at radius 1 is 1.00 bits per heavy atom. The van der Waals surface area contributed by atoms with Gasteiger partial charge in [-0.1, -0.05) is 63.3 Å². The normalized spacial score (nSPS) is 11.8. The Kier molecular flexibility index (Phi) is 12.2. The summed E-state index contributed by atoms with van der Waals surface area (Å²) in [6.45, 7) is 2.20. The zero-order valence-corrected chi connectivity index (χ0v) is 13.3. The second-order valence-corrected chi connectivity index (χ2v) is 4.72. The van der Waals surface area contributed by atoms with Gasteiger partial charge >= 0.3 is 17.1 Å². The van der Waals surface area contributed by atoms with Crippen molar-refractivity contribution >= 4 is 0 Å². The number of hydrogen-bond acceptors (Lipinski definition) is 1. The third kappa shape index (κ3) is 8.90. The molecule has 0 atom stereocenters. The maximum Gasteiger partial charge on any atom is 2.00 e. The molecule has 1 nitrogen and oxygen atoms in total. The van der Waals surface area contributed by atoms with Crippen molar-refractivity contribution in [3.05, 3.63) is 66.0 Å². The maximum atomic E-state index is 11.5. The summed E-state index contributed by atoms with van der Waals surface area (Å²) in [5, 5.41) is 11.5. The van der Waals surface area contributed by atoms with Gasteiger partial charge in [-0.3, -0.25) is 0 Å². The van der Waals surface area contributed by atoms with E-state index in [4.69, 9.17) is 0 Å². The van der Waals surface area contributed by atoms with Crippen molar-refractivity contribution in [3.63, 3.8) is 0 Å². The Morgan fingerprint density at radius 2 is 1.60 bits per heavy atom. The molecule has 0 radical (unpaired) electrons. The van der Waals surface area contributed by atoms with E-state index in [1.807, 2.05) is 54.6 Å². The number of allylic oxidation sites excluding steroid dienone is 6. The molecule has 0 saturated carbocycles. The molecular formula is C18H24FeO. The fourth-order valence-corrected chi connectivity index (χ4v) is 1.91. The van der Waals surface area contributed by atoms with Gasteiger partial charge in [0.25, 0.3) is 0 Å². The molecule has 2 rings (SSSR count). The fourth-order valence-electron chi connectivity index (χ4n) is 1.91. The molecular weight excluding hydrogens is 288 g/mol. The van der Waals surface area contributed by atoms with Gasteiger partial charge in [-0.25, -0.2) is 12.1 Å². The van der Waals surface area contributed by atoms with Crippen LogP contribution >= 0.6 is 0 Å². The molecule has 1 aliphatic rings. The zero-order valence-electron chi connectivity index (χ0n) is 12.2. The Morgan fingerprint density at radius 3 is 2.10 bits per heavy atom. The standard InChI is InChI=1S/C13H20O.C5H5.Fe/c1-2-3-4-5-6-11-13(14)12-9-7-8-10-12;1-2-4-5-3-1;/h7-10,14H,2-6,11H2,1H3;1-5H;/q;-1;+2/p-1. The third-order valence-corrected chi connectivity index (χ3v) is 3.05. The van der Waals surface area contributed by atoms with Crippen LogP contribution in [0.1, 0.15) is 45.4 Å². The average Bonchev–Trinajstić information content (AvgIpc) is 3.13. The summed E-state index contributed by atoms with van der Waals surface area (Å²) in [6.07, 6.45) is 14.4. The minimum atomic E-state index is 0. The summed E-state index contributed by atoms with van der Waals surface area (Å²) in [5.41, 5.74) is 0.875. The van der Waals surface area contributed by atoms with Gasteiger partial charge in [0.1, 0.15) is 0 Å². The van der Waals surface area contributed by atoms with Crippen molar-refractivity contribution in [1.82, 2.24) is 0 Å². The van der Waals surface area contributed by atoms with Crippen LogP contribution in [0.2, 0.25) is 0 Å². The van der Waals surface area contributed by atoms with Crippen molar-refractivity contribution < 1.29 is 22.2 Å². The Labute approximate surface area is 133 Å². The van der Waals surface area contributed by atoms with Gasteiger partial charge in [0, 0.05) is 0 Å². The van der Waals surface area contributed by atoms with E-state index in [0.29, 0.717) is 12.2 Å². The zero-order chi connectivity index (χ0) is 13.8. The topological polar surface area (TPSA) is 23.1 Å². The van der Waals surface area contributed by atoms with Crippen LogP contribution in [0.15, 0.2) is 66.0 Å². The van der Waals surface area contributed by atoms with Crippen molar-refractivity contribution in [2.45, 2.75) is 45.4 Å². The second kappa shape index (κ2) is 12.9. The van der Waals surface area contributed by atoms with Crippen LogP contribution in [0.3, 0.4) is 0 Å². The second-order valence-electron chi connectivity index (χ2n) is 4.72. The molecule has 0 bridgehead atoms. The molecule has 0 heterocycles. The number of rotatable bonds is 6. The molecule has 0 saturated heterocycles. The van der Waals surface area contributed by atoms with Gasteiger partial charge in [-0.05, 0) is 12.0 Å². The van der Waals surface area contributed by atoms with Crippen LogP contribution in [0.5, 0.6) is 0 Å². The van der Waals surface area contributed by atoms with Crippen molar-refractivity contribution in [3.8, 4) is 0 Å². The van der Waals surface area contributed by atoms with Crippen LogP contribution in [0.25, 0.3) is 0 Å². The summed E-state index contributed by atoms with van der Waals surface area (Å²) in [7, 11) is 0. The average molecular weight is 312 g/mol. The van der Waals surface area contributed by atoms with Crippen molar-refractivity contribution in [2.24, 2.45) is 0 Å². The van der Waals surface area contributed by atoms with E-state index in [9.17, 15) is 5.11 Å². The monoisotopic (exact) mass is 312 g/mol. The molecule has 1 aliphatic carbocycles. The largest absolute Gasteiger partial charge is 2.00 e. The summed E-state index contributed by atoms with van der Waals surface area (Å²) in [4.78, 5) is 0. The smallest absolute Gasteiger partial charge is 0.875 e. The number of hydrogen-bond donors (Lipinski definition) is 0. The summed E-state index contributed by atoms with van der Waals surface area (Å²) in [6, 6.07) is 10.0. The van der Waals surface area contributed by atoms with Crippen LogP contribution in [-0.2, 0) is 17.1 Å². The van der Waals surface area contributed by atoms with E-state index in [0.717, 1.165) is 12.0 Å². The van der Waals surface area contributed by atoms with Gasteiger partial charge in [0.2, 0.25) is 0 Å². The number of unbranched alkanes of at least 4 members (excludes halogenated alkanes) is 4. The van der Waals surface area contributed by atoms with Crippen LogP contribution < -0.4 is 5.11 Å². The molecule has 20 heavy (non-hydrogen) atoms. The summed E-state index contributed by atoms with van der Waals surface area (Å²) < 4.78 is 0. The summed E-state index contributed by atoms with van der Waals surface area (Å²) >= 11 is 0. The van der Waals surface area contributed by atoms with E-state index in [2.05, 4.69) is 6.92 Å². The maximum absolute atomic E-state index is 11.5. The minimum Gasteiger partial charge on any atom is -0.875 e. The molecule has 1 aromatic rings. The molecule has 0 fully saturated rings. The van der Waals surface area contributed by atoms with E-state index >= 15 is 0 Å². The van der Waals surface area contributed by atoms with E-state index in [1.54, 1.807) is 0 Å². The molecule has 1 aromatic carbocycles. The van der Waals surface area contributed by atoms with Crippen molar-refractivity contribution in [2.75, 3.05) is 0 Å². The molecule has 0 amide bonds. The fraction of sp³-hybridized carbons (Fsp3) is 0.389. The van der Waals surface area contributed by atoms with E-state index in [1.165, 1.54) is 25.7 Å². The van der Waals surface area contributed by atoms with Gasteiger partial charge in [0.05, 0.1) is 0 Å². The Hall–Kier alpha value is -1.11. The quantitative estimate of drug-likeness (QED) is 0.328. The van der Waals surface area contributed by atoms with Crippen LogP contribution in [-0.4, -0.2) is 0 Å². The first-order valence-electron chi connectivity index (χ1n) is 7.26. The first-order valence-corrected chi connectivity index (χ1v) is 7.26. The van der Waals surface area contributed by atoms with E-state index < -0.39 is 0 Å². The minimum absolute atomic E-state index is 0. The van der Waals surface area contributed by atoms with E-state index in [-0.39, 0.29) is 17.1 Å². The van der Waals surface area contributed by atoms with Gasteiger partial charge in [0.15, 0.2) is 0 Å². The molecule has 0 unspecified atom stereocenters. The predicted octanol–water partition coefficient (Wildman–Crippen LogP) is 4.49. The molecule has 0 aliphatic heterocycles. The first kappa shape index (κ1) is 18.9. The third-order valence-electron chi connectivity index (χ3n) is 3.05. The Bertz CT molecular complexity index is 368. The first-order chi connectivity index (χ1) is 9.34. The van der Waals surface area contributed by atoms with Gasteiger partial charge in [-0.2, -0.15) is 18.2 Å². The van der Waals surface area contributed by atoms with Gasteiger partial charge < -0.3 is 5.11 Å². The molecule has 110 valence electrons. The van der Waals surface area contributed by atoms with Crippen LogP contribution in [0.4, 0.5) is 0 Å². The predicted molar refractivity (Wildman–Crippen MR) is 80.7 cm³/mol. The summed E-state index contributed by atoms with van der Waals surface area (Å²) in [5.74, 6) is 0.298. The molecule has 0 spiro atoms. The Balaban J connectivity index is 0.000000507. The molecule has 2 heteroatoms. The van der Waals surface area contributed by atoms with Gasteiger partial charge in [-0.15, -0.1) is 5.76 Å². The van der Waals surface area contributed by atoms with Crippen LogP contribution in [0, 0.1) is 0 Å². The van der Waals surface area contributed by atoms with Crippen molar-refractivity contribution in [1.29, 1.82) is 0 Å². The SMILES string of the molecule is CCCCCCCC([O-])=C1C=CC=C1.[Fe+2].c1cc[cH-]c1.